The molecular weight excluding hydrogens is 166 g/mol. The predicted molar refractivity (Wildman–Crippen MR) is 52.4 cm³/mol. The van der Waals surface area contributed by atoms with E-state index in [1.165, 1.54) is 6.42 Å². The van der Waals surface area contributed by atoms with Gasteiger partial charge in [0, 0.05) is 12.6 Å². The van der Waals surface area contributed by atoms with E-state index in [-0.39, 0.29) is 12.3 Å². The molecule has 1 fully saturated rings. The lowest BCUT2D eigenvalue weighted by Gasteiger charge is -2.25. The molecule has 0 amide bonds. The third-order valence-corrected chi connectivity index (χ3v) is 2.47. The number of hydrogen-bond donors (Lipinski definition) is 1. The van der Waals surface area contributed by atoms with Crippen molar-refractivity contribution in [3.63, 3.8) is 0 Å². The molecule has 1 saturated heterocycles. The van der Waals surface area contributed by atoms with Gasteiger partial charge < -0.3 is 15.2 Å². The van der Waals surface area contributed by atoms with Crippen molar-refractivity contribution < 1.29 is 9.47 Å². The average molecular weight is 187 g/mol. The lowest BCUT2D eigenvalue weighted by Crippen LogP contribution is -2.35. The van der Waals surface area contributed by atoms with Crippen LogP contribution in [-0.2, 0) is 9.47 Å². The van der Waals surface area contributed by atoms with Crippen molar-refractivity contribution in [2.75, 3.05) is 13.2 Å². The zero-order chi connectivity index (χ0) is 9.68. The Balaban J connectivity index is 2.10. The maximum Gasteiger partial charge on any atom is 0.157 e. The standard InChI is InChI=1S/C10H21NO2/c1-8(2)9(11)7-13-10-5-3-4-6-12-10/h8-10H,3-7,11H2,1-2H3/t9?,10-/m0/s1. The maximum absolute atomic E-state index is 5.85. The molecule has 3 heteroatoms. The Morgan fingerprint density at radius 2 is 2.23 bits per heavy atom. The van der Waals surface area contributed by atoms with Gasteiger partial charge in [-0.25, -0.2) is 0 Å². The second-order valence-electron chi connectivity index (χ2n) is 4.04. The third kappa shape index (κ3) is 4.07. The molecule has 2 atom stereocenters. The molecule has 3 nitrogen and oxygen atoms in total. The second kappa shape index (κ2) is 5.58. The third-order valence-electron chi connectivity index (χ3n) is 2.47. The highest BCUT2D eigenvalue weighted by atomic mass is 16.7. The van der Waals surface area contributed by atoms with Gasteiger partial charge in [-0.2, -0.15) is 0 Å². The van der Waals surface area contributed by atoms with Crippen LogP contribution in [0.3, 0.4) is 0 Å². The van der Waals surface area contributed by atoms with Gasteiger partial charge in [0.2, 0.25) is 0 Å². The summed E-state index contributed by atoms with van der Waals surface area (Å²) in [6, 6.07) is 0.130. The monoisotopic (exact) mass is 187 g/mol. The Kier molecular flexibility index (Phi) is 4.70. The van der Waals surface area contributed by atoms with E-state index in [0.717, 1.165) is 19.4 Å². The molecule has 1 aliphatic rings. The van der Waals surface area contributed by atoms with Gasteiger partial charge >= 0.3 is 0 Å². The highest BCUT2D eigenvalue weighted by molar-refractivity contribution is 4.64. The van der Waals surface area contributed by atoms with Crippen LogP contribution in [0.5, 0.6) is 0 Å². The van der Waals surface area contributed by atoms with E-state index >= 15 is 0 Å². The maximum atomic E-state index is 5.85. The van der Waals surface area contributed by atoms with Crippen LogP contribution in [-0.4, -0.2) is 25.5 Å². The van der Waals surface area contributed by atoms with Crippen LogP contribution >= 0.6 is 0 Å². The minimum absolute atomic E-state index is 0.00134. The topological polar surface area (TPSA) is 44.5 Å². The normalized spacial score (nSPS) is 26.3. The minimum Gasteiger partial charge on any atom is -0.353 e. The number of rotatable bonds is 4. The quantitative estimate of drug-likeness (QED) is 0.725. The first-order chi connectivity index (χ1) is 6.20. The smallest absolute Gasteiger partial charge is 0.157 e. The van der Waals surface area contributed by atoms with Crippen molar-refractivity contribution in [3.8, 4) is 0 Å². The Labute approximate surface area is 80.6 Å². The molecule has 0 spiro atoms. The molecule has 1 rings (SSSR count). The zero-order valence-corrected chi connectivity index (χ0v) is 8.66. The summed E-state index contributed by atoms with van der Waals surface area (Å²) >= 11 is 0. The molecule has 0 aromatic carbocycles. The predicted octanol–water partition coefficient (Wildman–Crippen LogP) is 1.51. The van der Waals surface area contributed by atoms with Crippen LogP contribution < -0.4 is 5.73 Å². The molecule has 1 unspecified atom stereocenters. The van der Waals surface area contributed by atoms with E-state index in [1.807, 2.05) is 0 Å². The first-order valence-electron chi connectivity index (χ1n) is 5.19. The van der Waals surface area contributed by atoms with Gasteiger partial charge in [-0.15, -0.1) is 0 Å². The highest BCUT2D eigenvalue weighted by Crippen LogP contribution is 2.14. The summed E-state index contributed by atoms with van der Waals surface area (Å²) in [7, 11) is 0. The molecule has 0 radical (unpaired) electrons. The molecule has 0 saturated carbocycles. The van der Waals surface area contributed by atoms with Crippen LogP contribution in [0.4, 0.5) is 0 Å². The zero-order valence-electron chi connectivity index (χ0n) is 8.66. The van der Waals surface area contributed by atoms with Gasteiger partial charge in [-0.1, -0.05) is 13.8 Å². The summed E-state index contributed by atoms with van der Waals surface area (Å²) in [6.45, 7) is 5.66. The van der Waals surface area contributed by atoms with Gasteiger partial charge in [-0.3, -0.25) is 0 Å². The van der Waals surface area contributed by atoms with Crippen LogP contribution in [0.15, 0.2) is 0 Å². The summed E-state index contributed by atoms with van der Waals surface area (Å²) in [5, 5.41) is 0. The molecule has 2 N–H and O–H groups in total. The van der Waals surface area contributed by atoms with E-state index in [4.69, 9.17) is 15.2 Å². The van der Waals surface area contributed by atoms with Crippen molar-refractivity contribution in [3.05, 3.63) is 0 Å². The van der Waals surface area contributed by atoms with Crippen molar-refractivity contribution in [2.24, 2.45) is 11.7 Å². The Morgan fingerprint density at radius 3 is 2.77 bits per heavy atom. The highest BCUT2D eigenvalue weighted by Gasteiger charge is 2.16. The number of nitrogens with two attached hydrogens (primary N) is 1. The fourth-order valence-electron chi connectivity index (χ4n) is 1.25. The van der Waals surface area contributed by atoms with E-state index < -0.39 is 0 Å². The summed E-state index contributed by atoms with van der Waals surface area (Å²) in [4.78, 5) is 0. The van der Waals surface area contributed by atoms with E-state index in [1.54, 1.807) is 0 Å². The van der Waals surface area contributed by atoms with E-state index in [0.29, 0.717) is 12.5 Å². The van der Waals surface area contributed by atoms with Crippen LogP contribution in [0, 0.1) is 5.92 Å². The van der Waals surface area contributed by atoms with Crippen LogP contribution in [0.25, 0.3) is 0 Å². The first kappa shape index (κ1) is 11.0. The van der Waals surface area contributed by atoms with Gasteiger partial charge in [0.05, 0.1) is 6.61 Å². The lowest BCUT2D eigenvalue weighted by molar-refractivity contribution is -0.165. The second-order valence-corrected chi connectivity index (χ2v) is 4.04. The van der Waals surface area contributed by atoms with Crippen LogP contribution in [0.1, 0.15) is 33.1 Å². The number of ether oxygens (including phenoxy) is 2. The molecule has 0 bridgehead atoms. The molecule has 0 aromatic heterocycles. The van der Waals surface area contributed by atoms with Crippen molar-refractivity contribution in [1.29, 1.82) is 0 Å². The van der Waals surface area contributed by atoms with Gasteiger partial charge in [0.25, 0.3) is 0 Å². The fraction of sp³-hybridized carbons (Fsp3) is 1.00. The van der Waals surface area contributed by atoms with Gasteiger partial charge in [0.15, 0.2) is 6.29 Å². The molecule has 0 aromatic rings. The van der Waals surface area contributed by atoms with Crippen LogP contribution in [0.2, 0.25) is 0 Å². The largest absolute Gasteiger partial charge is 0.353 e. The average Bonchev–Trinajstić information content (AvgIpc) is 2.15. The van der Waals surface area contributed by atoms with Crippen molar-refractivity contribution >= 4 is 0 Å². The minimum atomic E-state index is -0.00134. The van der Waals surface area contributed by atoms with E-state index in [2.05, 4.69) is 13.8 Å². The summed E-state index contributed by atoms with van der Waals surface area (Å²) < 4.78 is 11.0. The number of hydrogen-bond acceptors (Lipinski definition) is 3. The van der Waals surface area contributed by atoms with Crippen molar-refractivity contribution in [2.45, 2.75) is 45.4 Å². The van der Waals surface area contributed by atoms with Crippen molar-refractivity contribution in [1.82, 2.24) is 0 Å². The molecule has 0 aliphatic carbocycles. The summed E-state index contributed by atoms with van der Waals surface area (Å²) in [5.41, 5.74) is 5.85. The molecular formula is C10H21NO2. The Bertz CT molecular complexity index is 133. The summed E-state index contributed by atoms with van der Waals surface area (Å²) in [6.07, 6.45) is 3.39. The Hall–Kier alpha value is -0.120. The van der Waals surface area contributed by atoms with E-state index in [9.17, 15) is 0 Å². The van der Waals surface area contributed by atoms with Gasteiger partial charge in [-0.05, 0) is 25.2 Å². The SMILES string of the molecule is CC(C)C(N)CO[C@H]1CCCCO1. The fourth-order valence-corrected chi connectivity index (χ4v) is 1.25. The molecule has 1 heterocycles. The van der Waals surface area contributed by atoms with Gasteiger partial charge in [0.1, 0.15) is 0 Å². The summed E-state index contributed by atoms with van der Waals surface area (Å²) in [5.74, 6) is 0.476. The Morgan fingerprint density at radius 1 is 1.46 bits per heavy atom. The molecule has 13 heavy (non-hydrogen) atoms. The first-order valence-corrected chi connectivity index (χ1v) is 5.19. The molecule has 78 valence electrons. The molecule has 1 aliphatic heterocycles. The lowest BCUT2D eigenvalue weighted by atomic mass is 10.1.